The molecule has 0 spiro atoms. The summed E-state index contributed by atoms with van der Waals surface area (Å²) in [6.07, 6.45) is -1.11. The summed E-state index contributed by atoms with van der Waals surface area (Å²) in [5, 5.41) is 9.85. The van der Waals surface area contributed by atoms with Crippen LogP contribution in [0.25, 0.3) is 0 Å². The second-order valence-corrected chi connectivity index (χ2v) is 4.22. The maximum Gasteiger partial charge on any atom is 0.401 e. The summed E-state index contributed by atoms with van der Waals surface area (Å²) in [7, 11) is 1.39. The van der Waals surface area contributed by atoms with E-state index in [1.54, 1.807) is 0 Å². The van der Waals surface area contributed by atoms with Gasteiger partial charge in [-0.05, 0) is 19.9 Å². The van der Waals surface area contributed by atoms with E-state index in [-0.39, 0.29) is 6.54 Å². The van der Waals surface area contributed by atoms with Crippen molar-refractivity contribution in [2.45, 2.75) is 37.5 Å². The highest BCUT2D eigenvalue weighted by Crippen LogP contribution is 2.30. The molecule has 0 unspecified atom stereocenters. The van der Waals surface area contributed by atoms with Crippen LogP contribution in [0, 0.1) is 0 Å². The summed E-state index contributed by atoms with van der Waals surface area (Å²) in [4.78, 5) is 1.14. The van der Waals surface area contributed by atoms with Crippen molar-refractivity contribution in [3.8, 4) is 0 Å². The zero-order chi connectivity index (χ0) is 10.8. The third-order valence-electron chi connectivity index (χ3n) is 2.55. The molecule has 1 fully saturated rings. The highest BCUT2D eigenvalue weighted by Gasteiger charge is 2.36. The minimum atomic E-state index is -4.18. The Kier molecular flexibility index (Phi) is 3.42. The number of hydrogen-bond acceptors (Lipinski definition) is 2. The van der Waals surface area contributed by atoms with Gasteiger partial charge in [0.2, 0.25) is 0 Å². The molecule has 0 bridgehead atoms. The van der Waals surface area contributed by atoms with Gasteiger partial charge in [0.05, 0.1) is 12.1 Å². The minimum absolute atomic E-state index is 0.118. The molecule has 1 saturated carbocycles. The molecule has 1 aliphatic carbocycles. The smallest absolute Gasteiger partial charge is 0.389 e. The SMILES string of the molecule is CN(CC(F)(F)F)CC1(O)CCCC1. The number of hydrogen-bond donors (Lipinski definition) is 1. The standard InChI is InChI=1S/C9H16F3NO/c1-13(7-9(10,11)12)6-8(14)4-2-3-5-8/h14H,2-7H2,1H3. The summed E-state index contributed by atoms with van der Waals surface area (Å²) in [5.41, 5.74) is -0.889. The first-order valence-electron chi connectivity index (χ1n) is 4.78. The molecule has 0 aromatic heterocycles. The van der Waals surface area contributed by atoms with Gasteiger partial charge in [0.15, 0.2) is 0 Å². The third kappa shape index (κ3) is 3.84. The summed E-state index contributed by atoms with van der Waals surface area (Å²) in [6, 6.07) is 0. The molecular weight excluding hydrogens is 195 g/mol. The van der Waals surface area contributed by atoms with Crippen LogP contribution < -0.4 is 0 Å². The van der Waals surface area contributed by atoms with Crippen molar-refractivity contribution in [3.63, 3.8) is 0 Å². The fourth-order valence-corrected chi connectivity index (χ4v) is 2.06. The summed E-state index contributed by atoms with van der Waals surface area (Å²) in [5.74, 6) is 0. The molecule has 84 valence electrons. The van der Waals surface area contributed by atoms with Crippen LogP contribution in [0.15, 0.2) is 0 Å². The molecule has 0 atom stereocenters. The molecule has 0 saturated heterocycles. The first kappa shape index (κ1) is 11.8. The lowest BCUT2D eigenvalue weighted by molar-refractivity contribution is -0.148. The van der Waals surface area contributed by atoms with Crippen molar-refractivity contribution < 1.29 is 18.3 Å². The number of likely N-dealkylation sites (N-methyl/N-ethyl adjacent to an activating group) is 1. The summed E-state index contributed by atoms with van der Waals surface area (Å²) in [6.45, 7) is -0.832. The fraction of sp³-hybridized carbons (Fsp3) is 1.00. The second-order valence-electron chi connectivity index (χ2n) is 4.22. The van der Waals surface area contributed by atoms with E-state index in [2.05, 4.69) is 0 Å². The van der Waals surface area contributed by atoms with Gasteiger partial charge in [0.25, 0.3) is 0 Å². The molecule has 5 heteroatoms. The fourth-order valence-electron chi connectivity index (χ4n) is 2.06. The zero-order valence-corrected chi connectivity index (χ0v) is 8.27. The van der Waals surface area contributed by atoms with Gasteiger partial charge in [0.1, 0.15) is 0 Å². The first-order valence-corrected chi connectivity index (χ1v) is 4.78. The second kappa shape index (κ2) is 4.06. The molecule has 0 aromatic rings. The summed E-state index contributed by atoms with van der Waals surface area (Å²) < 4.78 is 35.9. The Morgan fingerprint density at radius 2 is 1.79 bits per heavy atom. The van der Waals surface area contributed by atoms with Gasteiger partial charge in [0, 0.05) is 6.54 Å². The maximum absolute atomic E-state index is 12.0. The van der Waals surface area contributed by atoms with Crippen LogP contribution in [0.3, 0.4) is 0 Å². The third-order valence-corrected chi connectivity index (χ3v) is 2.55. The van der Waals surface area contributed by atoms with Gasteiger partial charge in [-0.15, -0.1) is 0 Å². The predicted molar refractivity (Wildman–Crippen MR) is 47.0 cm³/mol. The Labute approximate surface area is 81.7 Å². The molecule has 1 aliphatic rings. The zero-order valence-electron chi connectivity index (χ0n) is 8.27. The Bertz CT molecular complexity index is 187. The first-order chi connectivity index (χ1) is 6.31. The van der Waals surface area contributed by atoms with E-state index in [1.165, 1.54) is 7.05 Å². The van der Waals surface area contributed by atoms with E-state index < -0.39 is 18.3 Å². The number of halogens is 3. The van der Waals surface area contributed by atoms with Crippen molar-refractivity contribution in [2.24, 2.45) is 0 Å². The van der Waals surface area contributed by atoms with E-state index in [0.717, 1.165) is 17.7 Å². The Morgan fingerprint density at radius 1 is 1.29 bits per heavy atom. The van der Waals surface area contributed by atoms with Crippen molar-refractivity contribution in [2.75, 3.05) is 20.1 Å². The minimum Gasteiger partial charge on any atom is -0.389 e. The molecular formula is C9H16F3NO. The molecule has 1 N–H and O–H groups in total. The Morgan fingerprint density at radius 3 is 2.21 bits per heavy atom. The van der Waals surface area contributed by atoms with Gasteiger partial charge in [-0.2, -0.15) is 13.2 Å². The number of nitrogens with zero attached hydrogens (tertiary/aromatic N) is 1. The number of alkyl halides is 3. The van der Waals surface area contributed by atoms with E-state index in [0.29, 0.717) is 12.8 Å². The largest absolute Gasteiger partial charge is 0.401 e. The highest BCUT2D eigenvalue weighted by atomic mass is 19.4. The molecule has 14 heavy (non-hydrogen) atoms. The van der Waals surface area contributed by atoms with Crippen molar-refractivity contribution in [1.29, 1.82) is 0 Å². The van der Waals surface area contributed by atoms with Gasteiger partial charge in [-0.25, -0.2) is 0 Å². The summed E-state index contributed by atoms with van der Waals surface area (Å²) >= 11 is 0. The van der Waals surface area contributed by atoms with Crippen molar-refractivity contribution in [3.05, 3.63) is 0 Å². The van der Waals surface area contributed by atoms with Crippen LogP contribution in [0.1, 0.15) is 25.7 Å². The van der Waals surface area contributed by atoms with Crippen LogP contribution >= 0.6 is 0 Å². The highest BCUT2D eigenvalue weighted by molar-refractivity contribution is 4.86. The maximum atomic E-state index is 12.0. The lowest BCUT2D eigenvalue weighted by Gasteiger charge is -2.28. The van der Waals surface area contributed by atoms with Gasteiger partial charge >= 0.3 is 6.18 Å². The van der Waals surface area contributed by atoms with E-state index in [1.807, 2.05) is 0 Å². The van der Waals surface area contributed by atoms with Crippen molar-refractivity contribution >= 4 is 0 Å². The van der Waals surface area contributed by atoms with Crippen LogP contribution in [-0.2, 0) is 0 Å². The lowest BCUT2D eigenvalue weighted by atomic mass is 10.0. The average Bonchev–Trinajstić information content (AvgIpc) is 2.30. The molecule has 2 nitrogen and oxygen atoms in total. The van der Waals surface area contributed by atoms with Crippen LogP contribution in [-0.4, -0.2) is 41.9 Å². The van der Waals surface area contributed by atoms with Crippen LogP contribution in [0.2, 0.25) is 0 Å². The molecule has 1 rings (SSSR count). The number of aliphatic hydroxyl groups is 1. The topological polar surface area (TPSA) is 23.5 Å². The lowest BCUT2D eigenvalue weighted by Crippen LogP contribution is -2.42. The van der Waals surface area contributed by atoms with Crippen LogP contribution in [0.4, 0.5) is 13.2 Å². The van der Waals surface area contributed by atoms with Crippen molar-refractivity contribution in [1.82, 2.24) is 4.90 Å². The van der Waals surface area contributed by atoms with Gasteiger partial charge in [-0.3, -0.25) is 4.90 Å². The van der Waals surface area contributed by atoms with E-state index in [4.69, 9.17) is 0 Å². The van der Waals surface area contributed by atoms with Gasteiger partial charge in [-0.1, -0.05) is 12.8 Å². The Balaban J connectivity index is 2.36. The Hall–Kier alpha value is -0.290. The number of rotatable bonds is 3. The van der Waals surface area contributed by atoms with Crippen LogP contribution in [0.5, 0.6) is 0 Å². The average molecular weight is 211 g/mol. The molecule has 0 amide bonds. The molecule has 0 radical (unpaired) electrons. The van der Waals surface area contributed by atoms with E-state index >= 15 is 0 Å². The normalized spacial score (nSPS) is 21.9. The predicted octanol–water partition coefficient (Wildman–Crippen LogP) is 1.79. The molecule has 0 aliphatic heterocycles. The monoisotopic (exact) mass is 211 g/mol. The quantitative estimate of drug-likeness (QED) is 0.769. The van der Waals surface area contributed by atoms with Gasteiger partial charge < -0.3 is 5.11 Å². The molecule has 0 heterocycles. The molecule has 0 aromatic carbocycles. The van der Waals surface area contributed by atoms with E-state index in [9.17, 15) is 18.3 Å².